The Morgan fingerprint density at radius 1 is 1.20 bits per heavy atom. The summed E-state index contributed by atoms with van der Waals surface area (Å²) in [7, 11) is 0.0348. The first-order valence-electron chi connectivity index (χ1n) is 8.62. The second-order valence-electron chi connectivity index (χ2n) is 8.63. The molecule has 5 atom stereocenters. The lowest BCUT2D eigenvalue weighted by molar-refractivity contribution is -0.199. The first-order chi connectivity index (χ1) is 9.29. The molecule has 1 heterocycles. The van der Waals surface area contributed by atoms with E-state index in [0.717, 1.165) is 12.3 Å². The fourth-order valence-electron chi connectivity index (χ4n) is 5.18. The number of hydrogen-bond donors (Lipinski definition) is 0. The topological polar surface area (TPSA) is 18.5 Å². The maximum atomic E-state index is 6.57. The van der Waals surface area contributed by atoms with Gasteiger partial charge in [0.15, 0.2) is 0 Å². The van der Waals surface area contributed by atoms with Crippen LogP contribution in [0.5, 0.6) is 0 Å². The smallest absolute Gasteiger partial charge is 0.405 e. The van der Waals surface area contributed by atoms with Gasteiger partial charge >= 0.3 is 7.12 Å². The van der Waals surface area contributed by atoms with Crippen molar-refractivity contribution in [3.63, 3.8) is 0 Å². The summed E-state index contributed by atoms with van der Waals surface area (Å²) in [5.74, 6) is 2.80. The van der Waals surface area contributed by atoms with Crippen LogP contribution in [-0.4, -0.2) is 18.8 Å². The molecule has 0 aromatic heterocycles. The predicted molar refractivity (Wildman–Crippen MR) is 83.6 cm³/mol. The molecular formula is C17H31BO2. The molecule has 1 aliphatic heterocycles. The van der Waals surface area contributed by atoms with Crippen LogP contribution < -0.4 is 0 Å². The van der Waals surface area contributed by atoms with Crippen molar-refractivity contribution in [2.45, 2.75) is 84.7 Å². The van der Waals surface area contributed by atoms with Gasteiger partial charge in [-0.05, 0) is 55.2 Å². The predicted octanol–water partition coefficient (Wildman–Crippen LogP) is 4.54. The number of hydrogen-bond acceptors (Lipinski definition) is 2. The third-order valence-corrected chi connectivity index (χ3v) is 6.65. The van der Waals surface area contributed by atoms with Gasteiger partial charge in [-0.2, -0.15) is 0 Å². The van der Waals surface area contributed by atoms with Crippen LogP contribution in [0.2, 0.25) is 5.82 Å². The van der Waals surface area contributed by atoms with E-state index in [4.69, 9.17) is 9.31 Å². The average Bonchev–Trinajstić information content (AvgIpc) is 2.71. The van der Waals surface area contributed by atoms with E-state index in [1.54, 1.807) is 0 Å². The first-order valence-corrected chi connectivity index (χ1v) is 8.62. The Bertz CT molecular complexity index is 381. The van der Waals surface area contributed by atoms with Crippen molar-refractivity contribution in [3.05, 3.63) is 0 Å². The number of rotatable bonds is 4. The van der Waals surface area contributed by atoms with E-state index in [0.29, 0.717) is 29.2 Å². The zero-order valence-electron chi connectivity index (χ0n) is 14.1. The Labute approximate surface area is 125 Å². The Hall–Kier alpha value is -0.0151. The van der Waals surface area contributed by atoms with Crippen molar-refractivity contribution < 1.29 is 9.31 Å². The summed E-state index contributed by atoms with van der Waals surface area (Å²) in [5.41, 5.74) is 0.413. The SMILES string of the molecule is CC[C@@H](CC(C)C)B1OC2C[C@@H]3C[C@@H](C3(C)C)[C@@]2(C)O1. The third kappa shape index (κ3) is 2.00. The van der Waals surface area contributed by atoms with Gasteiger partial charge in [-0.25, -0.2) is 0 Å². The molecule has 3 heteroatoms. The minimum Gasteiger partial charge on any atom is -0.405 e. The molecule has 2 bridgehead atoms. The van der Waals surface area contributed by atoms with E-state index in [-0.39, 0.29) is 12.7 Å². The molecule has 3 aliphatic carbocycles. The van der Waals surface area contributed by atoms with E-state index < -0.39 is 0 Å². The van der Waals surface area contributed by atoms with E-state index in [1.165, 1.54) is 19.3 Å². The molecular weight excluding hydrogens is 247 g/mol. The molecule has 2 nitrogen and oxygen atoms in total. The van der Waals surface area contributed by atoms with E-state index in [9.17, 15) is 0 Å². The molecule has 0 aromatic carbocycles. The highest BCUT2D eigenvalue weighted by Crippen LogP contribution is 2.66. The summed E-state index contributed by atoms with van der Waals surface area (Å²) in [4.78, 5) is 0. The summed E-state index contributed by atoms with van der Waals surface area (Å²) < 4.78 is 13.0. The largest absolute Gasteiger partial charge is 0.460 e. The van der Waals surface area contributed by atoms with Crippen LogP contribution in [0.15, 0.2) is 0 Å². The van der Waals surface area contributed by atoms with Gasteiger partial charge in [-0.1, -0.05) is 41.0 Å². The van der Waals surface area contributed by atoms with Gasteiger partial charge in [0.05, 0.1) is 11.7 Å². The normalized spacial score (nSPS) is 43.4. The van der Waals surface area contributed by atoms with Gasteiger partial charge in [-0.15, -0.1) is 0 Å². The summed E-state index contributed by atoms with van der Waals surface area (Å²) >= 11 is 0. The lowest BCUT2D eigenvalue weighted by atomic mass is 9.43. The monoisotopic (exact) mass is 278 g/mol. The molecule has 0 N–H and O–H groups in total. The van der Waals surface area contributed by atoms with Gasteiger partial charge in [0, 0.05) is 0 Å². The average molecular weight is 278 g/mol. The van der Waals surface area contributed by atoms with Gasteiger partial charge in [0.1, 0.15) is 0 Å². The molecule has 4 aliphatic rings. The van der Waals surface area contributed by atoms with Crippen LogP contribution >= 0.6 is 0 Å². The Balaban J connectivity index is 1.75. The van der Waals surface area contributed by atoms with Crippen LogP contribution in [0.25, 0.3) is 0 Å². The minimum absolute atomic E-state index is 0.0344. The highest BCUT2D eigenvalue weighted by Gasteiger charge is 2.68. The van der Waals surface area contributed by atoms with E-state index in [2.05, 4.69) is 41.5 Å². The molecule has 0 spiro atoms. The standard InChI is InChI=1S/C17H31BO2/c1-7-13(8-11(2)3)18-19-15-10-12-9-14(16(12,4)5)17(15,6)20-18/h11-15H,7-10H2,1-6H3/t12-,13-,14-,15?,17+/m0/s1. The van der Waals surface area contributed by atoms with Gasteiger partial charge < -0.3 is 9.31 Å². The highest BCUT2D eigenvalue weighted by molar-refractivity contribution is 6.47. The first kappa shape index (κ1) is 14.9. The van der Waals surface area contributed by atoms with Crippen molar-refractivity contribution in [1.82, 2.24) is 0 Å². The fraction of sp³-hybridized carbons (Fsp3) is 1.00. The van der Waals surface area contributed by atoms with Crippen molar-refractivity contribution in [2.24, 2.45) is 23.2 Å². The lowest BCUT2D eigenvalue weighted by Crippen LogP contribution is -2.65. The fourth-order valence-corrected chi connectivity index (χ4v) is 5.18. The Morgan fingerprint density at radius 3 is 2.45 bits per heavy atom. The Morgan fingerprint density at radius 2 is 1.90 bits per heavy atom. The zero-order chi connectivity index (χ0) is 14.7. The van der Waals surface area contributed by atoms with Crippen LogP contribution in [0.1, 0.15) is 67.2 Å². The molecule has 4 rings (SSSR count). The third-order valence-electron chi connectivity index (χ3n) is 6.65. The molecule has 114 valence electrons. The molecule has 0 radical (unpaired) electrons. The van der Waals surface area contributed by atoms with Crippen molar-refractivity contribution in [1.29, 1.82) is 0 Å². The molecule has 3 saturated carbocycles. The molecule has 20 heavy (non-hydrogen) atoms. The molecule has 0 aromatic rings. The van der Waals surface area contributed by atoms with Gasteiger partial charge in [0.2, 0.25) is 0 Å². The van der Waals surface area contributed by atoms with Crippen LogP contribution in [0.3, 0.4) is 0 Å². The highest BCUT2D eigenvalue weighted by atomic mass is 16.7. The molecule has 0 amide bonds. The minimum atomic E-state index is -0.0344. The summed E-state index contributed by atoms with van der Waals surface area (Å²) in [6.07, 6.45) is 5.25. The Kier molecular flexibility index (Phi) is 3.53. The van der Waals surface area contributed by atoms with E-state index in [1.807, 2.05) is 0 Å². The summed E-state index contributed by atoms with van der Waals surface area (Å²) in [6, 6.07) is 0. The summed E-state index contributed by atoms with van der Waals surface area (Å²) in [6.45, 7) is 14.0. The lowest BCUT2D eigenvalue weighted by Gasteiger charge is -2.64. The van der Waals surface area contributed by atoms with Crippen molar-refractivity contribution in [3.8, 4) is 0 Å². The molecule has 1 unspecified atom stereocenters. The quantitative estimate of drug-likeness (QED) is 0.703. The van der Waals surface area contributed by atoms with Crippen LogP contribution in [0.4, 0.5) is 0 Å². The second-order valence-corrected chi connectivity index (χ2v) is 8.63. The molecule has 4 fully saturated rings. The zero-order valence-corrected chi connectivity index (χ0v) is 14.1. The van der Waals surface area contributed by atoms with Crippen molar-refractivity contribution in [2.75, 3.05) is 0 Å². The second kappa shape index (κ2) is 4.74. The van der Waals surface area contributed by atoms with E-state index >= 15 is 0 Å². The maximum Gasteiger partial charge on any atom is 0.460 e. The van der Waals surface area contributed by atoms with Gasteiger partial charge in [-0.3, -0.25) is 0 Å². The van der Waals surface area contributed by atoms with Crippen LogP contribution in [-0.2, 0) is 9.31 Å². The molecule has 1 saturated heterocycles. The van der Waals surface area contributed by atoms with Crippen LogP contribution in [0, 0.1) is 23.2 Å². The summed E-state index contributed by atoms with van der Waals surface area (Å²) in [5, 5.41) is 0. The van der Waals surface area contributed by atoms with Gasteiger partial charge in [0.25, 0.3) is 0 Å². The van der Waals surface area contributed by atoms with Crippen molar-refractivity contribution >= 4 is 7.12 Å². The maximum absolute atomic E-state index is 6.57.